The minimum Gasteiger partial charge on any atom is -0.489 e. The molecule has 0 N–H and O–H groups in total. The van der Waals surface area contributed by atoms with Crippen LogP contribution in [0, 0.1) is 0 Å². The fourth-order valence-electron chi connectivity index (χ4n) is 2.04. The molecule has 0 unspecified atom stereocenters. The molecule has 2 rings (SSSR count). The minimum absolute atomic E-state index is 0.597. The number of ether oxygens (including phenoxy) is 1. The first-order chi connectivity index (χ1) is 9.24. The zero-order chi connectivity index (χ0) is 13.7. The van der Waals surface area contributed by atoms with Crippen LogP contribution in [0.2, 0.25) is 0 Å². The lowest BCUT2D eigenvalue weighted by Gasteiger charge is -2.12. The van der Waals surface area contributed by atoms with Crippen LogP contribution in [0.15, 0.2) is 46.9 Å². The average molecular weight is 319 g/mol. The maximum absolute atomic E-state index is 5.96. The Morgan fingerprint density at radius 2 is 1.74 bits per heavy atom. The molecule has 100 valence electrons. The van der Waals surface area contributed by atoms with Crippen molar-refractivity contribution in [1.29, 1.82) is 0 Å². The molecule has 0 aromatic heterocycles. The predicted molar refractivity (Wildman–Crippen MR) is 83.7 cm³/mol. The van der Waals surface area contributed by atoms with E-state index in [4.69, 9.17) is 4.74 Å². The lowest BCUT2D eigenvalue weighted by atomic mass is 10.1. The van der Waals surface area contributed by atoms with Gasteiger partial charge in [-0.3, -0.25) is 0 Å². The van der Waals surface area contributed by atoms with Crippen LogP contribution >= 0.6 is 15.9 Å². The first kappa shape index (κ1) is 14.1. The quantitative estimate of drug-likeness (QED) is 0.740. The topological polar surface area (TPSA) is 9.23 Å². The van der Waals surface area contributed by atoms with Crippen LogP contribution in [0.25, 0.3) is 0 Å². The molecule has 0 amide bonds. The first-order valence-electron chi connectivity index (χ1n) is 6.72. The lowest BCUT2D eigenvalue weighted by molar-refractivity contribution is 0.302. The number of halogens is 1. The summed E-state index contributed by atoms with van der Waals surface area (Å²) in [6.45, 7) is 4.94. The third kappa shape index (κ3) is 3.60. The molecule has 0 spiro atoms. The molecule has 0 saturated heterocycles. The van der Waals surface area contributed by atoms with Gasteiger partial charge in [-0.15, -0.1) is 0 Å². The van der Waals surface area contributed by atoms with Gasteiger partial charge in [0, 0.05) is 10.0 Å². The van der Waals surface area contributed by atoms with Crippen LogP contribution in [0.5, 0.6) is 5.75 Å². The van der Waals surface area contributed by atoms with Crippen molar-refractivity contribution in [1.82, 2.24) is 0 Å². The second-order valence-electron chi connectivity index (χ2n) is 4.53. The normalized spacial score (nSPS) is 10.5. The molecule has 0 aliphatic heterocycles. The van der Waals surface area contributed by atoms with Crippen molar-refractivity contribution in [2.24, 2.45) is 0 Å². The zero-order valence-corrected chi connectivity index (χ0v) is 13.0. The number of rotatable bonds is 5. The van der Waals surface area contributed by atoms with Gasteiger partial charge in [-0.25, -0.2) is 0 Å². The van der Waals surface area contributed by atoms with Crippen molar-refractivity contribution >= 4 is 15.9 Å². The highest BCUT2D eigenvalue weighted by Crippen LogP contribution is 2.24. The largest absolute Gasteiger partial charge is 0.489 e. The van der Waals surface area contributed by atoms with Crippen molar-refractivity contribution in [2.75, 3.05) is 0 Å². The van der Waals surface area contributed by atoms with E-state index in [1.165, 1.54) is 16.7 Å². The van der Waals surface area contributed by atoms with E-state index in [1.54, 1.807) is 0 Å². The molecular weight excluding hydrogens is 300 g/mol. The van der Waals surface area contributed by atoms with Crippen LogP contribution in [0.4, 0.5) is 0 Å². The Bertz CT molecular complexity index is 549. The Hall–Kier alpha value is -1.28. The predicted octanol–water partition coefficient (Wildman–Crippen LogP) is 5.15. The summed E-state index contributed by atoms with van der Waals surface area (Å²) in [5.41, 5.74) is 3.82. The molecule has 2 aromatic carbocycles. The van der Waals surface area contributed by atoms with E-state index in [2.05, 4.69) is 54.0 Å². The Kier molecular flexibility index (Phi) is 5.03. The Labute approximate surface area is 123 Å². The van der Waals surface area contributed by atoms with Crippen LogP contribution in [-0.4, -0.2) is 0 Å². The van der Waals surface area contributed by atoms with Gasteiger partial charge in [-0.2, -0.15) is 0 Å². The van der Waals surface area contributed by atoms with Crippen LogP contribution in [0.1, 0.15) is 30.5 Å². The van der Waals surface area contributed by atoms with Gasteiger partial charge in [-0.1, -0.05) is 60.1 Å². The maximum atomic E-state index is 5.96. The molecule has 0 heterocycles. The highest BCUT2D eigenvalue weighted by atomic mass is 79.9. The van der Waals surface area contributed by atoms with E-state index in [1.807, 2.05) is 18.2 Å². The maximum Gasteiger partial charge on any atom is 0.123 e. The second-order valence-corrected chi connectivity index (χ2v) is 5.38. The summed E-state index contributed by atoms with van der Waals surface area (Å²) in [4.78, 5) is 0. The monoisotopic (exact) mass is 318 g/mol. The van der Waals surface area contributed by atoms with E-state index in [0.29, 0.717) is 6.61 Å². The fraction of sp³-hybridized carbons (Fsp3) is 0.294. The summed E-state index contributed by atoms with van der Waals surface area (Å²) < 4.78 is 7.06. The zero-order valence-electron chi connectivity index (χ0n) is 11.4. The Morgan fingerprint density at radius 1 is 0.947 bits per heavy atom. The summed E-state index contributed by atoms with van der Waals surface area (Å²) in [5, 5.41) is 0. The molecule has 0 aliphatic rings. The van der Waals surface area contributed by atoms with Gasteiger partial charge in [0.1, 0.15) is 12.4 Å². The van der Waals surface area contributed by atoms with Gasteiger partial charge in [0.15, 0.2) is 0 Å². The molecular formula is C17H19BrO. The molecule has 0 radical (unpaired) electrons. The van der Waals surface area contributed by atoms with Crippen LogP contribution in [-0.2, 0) is 19.4 Å². The summed E-state index contributed by atoms with van der Waals surface area (Å²) in [7, 11) is 0. The van der Waals surface area contributed by atoms with E-state index in [0.717, 1.165) is 23.1 Å². The van der Waals surface area contributed by atoms with Crippen molar-refractivity contribution in [2.45, 2.75) is 33.3 Å². The highest BCUT2D eigenvalue weighted by Gasteiger charge is 2.05. The number of hydrogen-bond acceptors (Lipinski definition) is 1. The van der Waals surface area contributed by atoms with Gasteiger partial charge in [0.2, 0.25) is 0 Å². The van der Waals surface area contributed by atoms with Gasteiger partial charge in [0.25, 0.3) is 0 Å². The van der Waals surface area contributed by atoms with Gasteiger partial charge < -0.3 is 4.74 Å². The Morgan fingerprint density at radius 3 is 2.42 bits per heavy atom. The molecule has 0 fully saturated rings. The second kappa shape index (κ2) is 6.76. The molecule has 2 aromatic rings. The van der Waals surface area contributed by atoms with E-state index >= 15 is 0 Å². The lowest BCUT2D eigenvalue weighted by Crippen LogP contribution is -1.99. The summed E-state index contributed by atoms with van der Waals surface area (Å²) in [5.74, 6) is 0.996. The number of benzene rings is 2. The number of aryl methyl sites for hydroxylation is 2. The highest BCUT2D eigenvalue weighted by molar-refractivity contribution is 9.10. The van der Waals surface area contributed by atoms with Crippen molar-refractivity contribution in [3.8, 4) is 5.75 Å². The molecule has 0 atom stereocenters. The van der Waals surface area contributed by atoms with Crippen LogP contribution < -0.4 is 4.74 Å². The van der Waals surface area contributed by atoms with E-state index < -0.39 is 0 Å². The Balaban J connectivity index is 2.13. The SMILES string of the molecule is CCc1ccc(OCc2ccccc2Br)c(CC)c1. The van der Waals surface area contributed by atoms with Crippen molar-refractivity contribution < 1.29 is 4.74 Å². The van der Waals surface area contributed by atoms with E-state index in [9.17, 15) is 0 Å². The molecule has 0 bridgehead atoms. The van der Waals surface area contributed by atoms with Gasteiger partial charge in [-0.05, 0) is 36.1 Å². The van der Waals surface area contributed by atoms with Gasteiger partial charge in [0.05, 0.1) is 0 Å². The fourth-order valence-corrected chi connectivity index (χ4v) is 2.44. The van der Waals surface area contributed by atoms with Gasteiger partial charge >= 0.3 is 0 Å². The third-order valence-corrected chi connectivity index (χ3v) is 4.03. The summed E-state index contributed by atoms with van der Waals surface area (Å²) >= 11 is 3.55. The summed E-state index contributed by atoms with van der Waals surface area (Å²) in [6, 6.07) is 14.7. The minimum atomic E-state index is 0.597. The number of hydrogen-bond donors (Lipinski definition) is 0. The third-order valence-electron chi connectivity index (χ3n) is 3.26. The first-order valence-corrected chi connectivity index (χ1v) is 7.52. The molecule has 0 aliphatic carbocycles. The molecule has 0 saturated carbocycles. The van der Waals surface area contributed by atoms with Crippen LogP contribution in [0.3, 0.4) is 0 Å². The van der Waals surface area contributed by atoms with E-state index in [-0.39, 0.29) is 0 Å². The molecule has 19 heavy (non-hydrogen) atoms. The smallest absolute Gasteiger partial charge is 0.123 e. The average Bonchev–Trinajstić information content (AvgIpc) is 2.46. The standard InChI is InChI=1S/C17H19BrO/c1-3-13-9-10-17(14(4-2)11-13)19-12-15-7-5-6-8-16(15)18/h5-11H,3-4,12H2,1-2H3. The van der Waals surface area contributed by atoms with Crippen molar-refractivity contribution in [3.63, 3.8) is 0 Å². The molecule has 1 nitrogen and oxygen atoms in total. The summed E-state index contributed by atoms with van der Waals surface area (Å²) in [6.07, 6.45) is 2.07. The molecule has 2 heteroatoms. The van der Waals surface area contributed by atoms with Crippen molar-refractivity contribution in [3.05, 3.63) is 63.6 Å².